The van der Waals surface area contributed by atoms with Crippen LogP contribution in [0.1, 0.15) is 32.5 Å². The number of aliphatic hydroxyl groups excluding tert-OH is 1. The van der Waals surface area contributed by atoms with E-state index in [1.54, 1.807) is 4.68 Å². The van der Waals surface area contributed by atoms with Crippen LogP contribution >= 0.6 is 0 Å². The molecule has 0 fully saturated rings. The number of hydrogen-bond donors (Lipinski definition) is 2. The van der Waals surface area contributed by atoms with Gasteiger partial charge in [0.25, 0.3) is 0 Å². The lowest BCUT2D eigenvalue weighted by Gasteiger charge is -2.20. The smallest absolute Gasteiger partial charge is 0.170 e. The number of para-hydroxylation sites is 1. The van der Waals surface area contributed by atoms with Crippen molar-refractivity contribution in [3.05, 3.63) is 36.2 Å². The van der Waals surface area contributed by atoms with Crippen LogP contribution < -0.4 is 5.32 Å². The van der Waals surface area contributed by atoms with E-state index in [0.29, 0.717) is 19.0 Å². The van der Waals surface area contributed by atoms with Crippen LogP contribution in [0, 0.1) is 5.92 Å². The number of nitrogens with zero attached hydrogens (tertiary/aromatic N) is 4. The molecule has 1 aromatic carbocycles. The van der Waals surface area contributed by atoms with Gasteiger partial charge in [0.05, 0.1) is 18.3 Å². The zero-order valence-corrected chi connectivity index (χ0v) is 12.6. The van der Waals surface area contributed by atoms with Gasteiger partial charge in [0.1, 0.15) is 0 Å². The van der Waals surface area contributed by atoms with Gasteiger partial charge >= 0.3 is 0 Å². The first-order chi connectivity index (χ1) is 10.3. The molecule has 0 aliphatic carbocycles. The van der Waals surface area contributed by atoms with Crippen molar-refractivity contribution in [1.29, 1.82) is 0 Å². The Morgan fingerprint density at radius 2 is 1.90 bits per heavy atom. The normalized spacial score (nSPS) is 12.8. The zero-order valence-electron chi connectivity index (χ0n) is 12.6. The maximum Gasteiger partial charge on any atom is 0.170 e. The molecule has 6 heteroatoms. The Bertz CT molecular complexity index is 524. The summed E-state index contributed by atoms with van der Waals surface area (Å²) in [5.41, 5.74) is 0.930. The highest BCUT2D eigenvalue weighted by Crippen LogP contribution is 2.12. The summed E-state index contributed by atoms with van der Waals surface area (Å²) in [4.78, 5) is 0. The van der Waals surface area contributed by atoms with Gasteiger partial charge in [0, 0.05) is 6.54 Å². The van der Waals surface area contributed by atoms with E-state index in [9.17, 15) is 5.11 Å². The number of tetrazole rings is 1. The Hall–Kier alpha value is -1.79. The van der Waals surface area contributed by atoms with Gasteiger partial charge < -0.3 is 10.4 Å². The molecule has 2 rings (SSSR count). The van der Waals surface area contributed by atoms with Gasteiger partial charge in [-0.1, -0.05) is 44.9 Å². The maximum atomic E-state index is 10.1. The van der Waals surface area contributed by atoms with E-state index < -0.39 is 0 Å². The highest BCUT2D eigenvalue weighted by atomic mass is 16.3. The van der Waals surface area contributed by atoms with Gasteiger partial charge in [0.2, 0.25) is 0 Å². The molecule has 6 nitrogen and oxygen atoms in total. The largest absolute Gasteiger partial charge is 0.392 e. The SMILES string of the molecule is CCC(CC)C(O)CNCc1nnnn1-c1ccccc1. The van der Waals surface area contributed by atoms with Crippen molar-refractivity contribution >= 4 is 0 Å². The van der Waals surface area contributed by atoms with Crippen molar-refractivity contribution in [2.75, 3.05) is 6.54 Å². The van der Waals surface area contributed by atoms with Crippen molar-refractivity contribution in [3.63, 3.8) is 0 Å². The Morgan fingerprint density at radius 1 is 1.19 bits per heavy atom. The van der Waals surface area contributed by atoms with Crippen molar-refractivity contribution in [2.24, 2.45) is 5.92 Å². The Kier molecular flexibility index (Phi) is 5.83. The molecule has 2 N–H and O–H groups in total. The average Bonchev–Trinajstić information content (AvgIpc) is 2.98. The molecule has 0 spiro atoms. The van der Waals surface area contributed by atoms with Gasteiger partial charge in [-0.05, 0) is 28.5 Å². The van der Waals surface area contributed by atoms with E-state index in [-0.39, 0.29) is 6.10 Å². The maximum absolute atomic E-state index is 10.1. The van der Waals surface area contributed by atoms with Crippen LogP contribution in [0.25, 0.3) is 5.69 Å². The molecule has 0 amide bonds. The molecule has 0 radical (unpaired) electrons. The Labute approximate surface area is 125 Å². The first-order valence-electron chi connectivity index (χ1n) is 7.47. The summed E-state index contributed by atoms with van der Waals surface area (Å²) in [5.74, 6) is 1.07. The van der Waals surface area contributed by atoms with Crippen LogP contribution in [0.15, 0.2) is 30.3 Å². The lowest BCUT2D eigenvalue weighted by atomic mass is 9.97. The Morgan fingerprint density at radius 3 is 2.57 bits per heavy atom. The van der Waals surface area contributed by atoms with E-state index in [1.165, 1.54) is 0 Å². The molecule has 114 valence electrons. The monoisotopic (exact) mass is 289 g/mol. The molecule has 21 heavy (non-hydrogen) atoms. The molecule has 0 bridgehead atoms. The first kappa shape index (κ1) is 15.6. The number of aliphatic hydroxyl groups is 1. The quantitative estimate of drug-likeness (QED) is 0.771. The fourth-order valence-electron chi connectivity index (χ4n) is 2.42. The lowest BCUT2D eigenvalue weighted by molar-refractivity contribution is 0.101. The van der Waals surface area contributed by atoms with Gasteiger partial charge in [-0.15, -0.1) is 5.10 Å². The number of aromatic nitrogens is 4. The van der Waals surface area contributed by atoms with E-state index in [0.717, 1.165) is 24.4 Å². The molecular formula is C15H23N5O. The second kappa shape index (κ2) is 7.85. The van der Waals surface area contributed by atoms with E-state index in [2.05, 4.69) is 34.7 Å². The number of hydrogen-bond acceptors (Lipinski definition) is 5. The van der Waals surface area contributed by atoms with E-state index in [4.69, 9.17) is 0 Å². The first-order valence-corrected chi connectivity index (χ1v) is 7.47. The average molecular weight is 289 g/mol. The van der Waals surface area contributed by atoms with Crippen LogP contribution in [0.4, 0.5) is 0 Å². The highest BCUT2D eigenvalue weighted by Gasteiger charge is 2.15. The summed E-state index contributed by atoms with van der Waals surface area (Å²) in [6.07, 6.45) is 1.64. The van der Waals surface area contributed by atoms with E-state index in [1.807, 2.05) is 30.3 Å². The summed E-state index contributed by atoms with van der Waals surface area (Å²) in [6.45, 7) is 5.29. The van der Waals surface area contributed by atoms with Crippen LogP contribution in [0.3, 0.4) is 0 Å². The van der Waals surface area contributed by atoms with Gasteiger partial charge in [-0.3, -0.25) is 0 Å². The lowest BCUT2D eigenvalue weighted by Crippen LogP contribution is -2.32. The molecule has 0 aliphatic heterocycles. The Balaban J connectivity index is 1.92. The van der Waals surface area contributed by atoms with Gasteiger partial charge in [-0.2, -0.15) is 4.68 Å². The molecule has 1 unspecified atom stereocenters. The van der Waals surface area contributed by atoms with Crippen molar-refractivity contribution in [1.82, 2.24) is 25.5 Å². The molecular weight excluding hydrogens is 266 g/mol. The zero-order chi connectivity index (χ0) is 15.1. The van der Waals surface area contributed by atoms with Crippen molar-refractivity contribution < 1.29 is 5.11 Å². The topological polar surface area (TPSA) is 75.9 Å². The molecule has 0 aliphatic rings. The third-order valence-electron chi connectivity index (χ3n) is 3.76. The fraction of sp³-hybridized carbons (Fsp3) is 0.533. The third-order valence-corrected chi connectivity index (χ3v) is 3.76. The summed E-state index contributed by atoms with van der Waals surface area (Å²) < 4.78 is 1.70. The molecule has 1 aromatic heterocycles. The van der Waals surface area contributed by atoms with Crippen molar-refractivity contribution in [3.8, 4) is 5.69 Å². The summed E-state index contributed by atoms with van der Waals surface area (Å²) >= 11 is 0. The molecule has 2 aromatic rings. The number of benzene rings is 1. The minimum absolute atomic E-state index is 0.332. The van der Waals surface area contributed by atoms with Crippen LogP contribution in [0.5, 0.6) is 0 Å². The van der Waals surface area contributed by atoms with Crippen LogP contribution in [-0.4, -0.2) is 38.0 Å². The standard InChI is InChI=1S/C15H23N5O/c1-3-12(4-2)14(21)10-16-11-15-17-18-19-20(15)13-8-6-5-7-9-13/h5-9,12,14,16,21H,3-4,10-11H2,1-2H3. The second-order valence-electron chi connectivity index (χ2n) is 5.12. The molecule has 1 heterocycles. The molecule has 0 saturated heterocycles. The van der Waals surface area contributed by atoms with Crippen LogP contribution in [0.2, 0.25) is 0 Å². The highest BCUT2D eigenvalue weighted by molar-refractivity contribution is 5.30. The van der Waals surface area contributed by atoms with Gasteiger partial charge in [0.15, 0.2) is 5.82 Å². The minimum Gasteiger partial charge on any atom is -0.392 e. The van der Waals surface area contributed by atoms with E-state index >= 15 is 0 Å². The van der Waals surface area contributed by atoms with Crippen LogP contribution in [-0.2, 0) is 6.54 Å². The second-order valence-corrected chi connectivity index (χ2v) is 5.12. The summed E-state index contributed by atoms with van der Waals surface area (Å²) in [5, 5.41) is 25.1. The minimum atomic E-state index is -0.332. The number of rotatable bonds is 8. The predicted octanol–water partition coefficient (Wildman–Crippen LogP) is 1.55. The summed E-state index contributed by atoms with van der Waals surface area (Å²) in [7, 11) is 0. The van der Waals surface area contributed by atoms with Crippen molar-refractivity contribution in [2.45, 2.75) is 39.3 Å². The fourth-order valence-corrected chi connectivity index (χ4v) is 2.42. The third kappa shape index (κ3) is 4.09. The summed E-state index contributed by atoms with van der Waals surface area (Å²) in [6, 6.07) is 9.77. The molecule has 0 saturated carbocycles. The predicted molar refractivity (Wildman–Crippen MR) is 80.9 cm³/mol. The number of nitrogens with one attached hydrogen (secondary N) is 1. The van der Waals surface area contributed by atoms with Gasteiger partial charge in [-0.25, -0.2) is 0 Å². The molecule has 1 atom stereocenters.